The van der Waals surface area contributed by atoms with Crippen molar-refractivity contribution < 1.29 is 24.8 Å². The molecule has 0 bridgehead atoms. The number of methoxy groups -OCH3 is 1. The summed E-state index contributed by atoms with van der Waals surface area (Å²) < 4.78 is 14.1. The number of nitrogens with zero attached hydrogens (tertiary/aromatic N) is 7. The minimum absolute atomic E-state index is 0.294. The lowest BCUT2D eigenvalue weighted by Gasteiger charge is -2.16. The summed E-state index contributed by atoms with van der Waals surface area (Å²) in [4.78, 5) is 13.5. The van der Waals surface area contributed by atoms with Crippen molar-refractivity contribution in [1.82, 2.24) is 34.5 Å². The molecule has 13 heteroatoms. The van der Waals surface area contributed by atoms with Crippen LogP contribution in [0, 0.1) is 0 Å². The Balaban J connectivity index is 1.49. The molecule has 5 rings (SSSR count). The van der Waals surface area contributed by atoms with E-state index in [0.717, 1.165) is 11.3 Å². The first-order valence-corrected chi connectivity index (χ1v) is 10.6. The van der Waals surface area contributed by atoms with Crippen molar-refractivity contribution in [2.45, 2.75) is 31.1 Å². The number of hydrogen-bond acceptors (Lipinski definition) is 11. The van der Waals surface area contributed by atoms with Crippen LogP contribution in [0.25, 0.3) is 22.7 Å². The highest BCUT2D eigenvalue weighted by molar-refractivity contribution is 5.84. The van der Waals surface area contributed by atoms with Crippen molar-refractivity contribution in [3.05, 3.63) is 42.4 Å². The Labute approximate surface area is 193 Å². The van der Waals surface area contributed by atoms with Gasteiger partial charge in [-0.15, -0.1) is 5.10 Å². The summed E-state index contributed by atoms with van der Waals surface area (Å²) in [5.74, 6) is 1.50. The average Bonchev–Trinajstić information content (AvgIpc) is 3.57. The number of rotatable bonds is 7. The zero-order valence-corrected chi connectivity index (χ0v) is 18.5. The van der Waals surface area contributed by atoms with Gasteiger partial charge in [0.1, 0.15) is 24.1 Å². The lowest BCUT2D eigenvalue weighted by atomic mass is 10.1. The van der Waals surface area contributed by atoms with Gasteiger partial charge >= 0.3 is 0 Å². The Morgan fingerprint density at radius 3 is 2.79 bits per heavy atom. The number of aromatic nitrogens is 7. The van der Waals surface area contributed by atoms with Crippen molar-refractivity contribution in [1.29, 1.82) is 0 Å². The maximum absolute atomic E-state index is 10.5. The van der Waals surface area contributed by atoms with Gasteiger partial charge < -0.3 is 30.1 Å². The fraction of sp³-hybridized carbons (Fsp3) is 0.381. The van der Waals surface area contributed by atoms with Crippen LogP contribution in [-0.2, 0) is 11.3 Å². The molecule has 1 fully saturated rings. The SMILES string of the molecule is CNc1nc(-c2cn(Cc3cccc(OC)c3)nn2)nc2c1ncn2[C@@H]1O[C@H](CO)[C@@H](O)[C@H]1O. The van der Waals surface area contributed by atoms with E-state index in [0.29, 0.717) is 35.0 Å². The van der Waals surface area contributed by atoms with Crippen LogP contribution >= 0.6 is 0 Å². The molecule has 4 aromatic rings. The van der Waals surface area contributed by atoms with E-state index in [1.807, 2.05) is 24.3 Å². The zero-order valence-electron chi connectivity index (χ0n) is 18.5. The van der Waals surface area contributed by atoms with E-state index in [-0.39, 0.29) is 0 Å². The number of aliphatic hydroxyl groups is 3. The van der Waals surface area contributed by atoms with Crippen LogP contribution < -0.4 is 10.1 Å². The molecular formula is C21H24N8O5. The van der Waals surface area contributed by atoms with Crippen molar-refractivity contribution in [2.24, 2.45) is 0 Å². The Bertz CT molecular complexity index is 1310. The van der Waals surface area contributed by atoms with E-state index < -0.39 is 31.1 Å². The first-order valence-electron chi connectivity index (χ1n) is 10.6. The van der Waals surface area contributed by atoms with E-state index in [1.165, 1.54) is 10.9 Å². The standard InChI is InChI=1S/C21H24N8O5/c1-22-19-15-20(29(10-23-15)21-17(32)16(31)14(9-30)34-21)25-18(24-19)13-8-28(27-26-13)7-11-4-3-5-12(6-11)33-2/h3-6,8,10,14,16-17,21,30-32H,7,9H2,1-2H3,(H,22,24,25)/t14-,16-,17-,21-/m1/s1. The molecule has 4 heterocycles. The molecule has 1 aromatic carbocycles. The number of ether oxygens (including phenoxy) is 2. The van der Waals surface area contributed by atoms with Crippen molar-refractivity contribution in [3.8, 4) is 17.3 Å². The van der Waals surface area contributed by atoms with Gasteiger partial charge in [0.2, 0.25) is 0 Å². The lowest BCUT2D eigenvalue weighted by Crippen LogP contribution is -2.33. The van der Waals surface area contributed by atoms with E-state index in [1.54, 1.807) is 25.0 Å². The molecule has 0 saturated carbocycles. The van der Waals surface area contributed by atoms with Gasteiger partial charge in [-0.25, -0.2) is 19.6 Å². The van der Waals surface area contributed by atoms with Crippen molar-refractivity contribution >= 4 is 17.0 Å². The molecule has 1 aliphatic heterocycles. The fourth-order valence-corrected chi connectivity index (χ4v) is 3.94. The van der Waals surface area contributed by atoms with E-state index in [2.05, 4.69) is 30.6 Å². The fourth-order valence-electron chi connectivity index (χ4n) is 3.94. The molecule has 0 spiro atoms. The highest BCUT2D eigenvalue weighted by Gasteiger charge is 2.44. The highest BCUT2D eigenvalue weighted by atomic mass is 16.6. The van der Waals surface area contributed by atoms with Gasteiger partial charge in [-0.05, 0) is 17.7 Å². The first-order chi connectivity index (χ1) is 16.5. The summed E-state index contributed by atoms with van der Waals surface area (Å²) in [5, 5.41) is 41.4. The van der Waals surface area contributed by atoms with Crippen molar-refractivity contribution in [2.75, 3.05) is 26.1 Å². The van der Waals surface area contributed by atoms with E-state index in [4.69, 9.17) is 9.47 Å². The van der Waals surface area contributed by atoms with Gasteiger partial charge in [0.05, 0.1) is 32.8 Å². The van der Waals surface area contributed by atoms with E-state index >= 15 is 0 Å². The molecule has 34 heavy (non-hydrogen) atoms. The van der Waals surface area contributed by atoms with Crippen LogP contribution in [0.5, 0.6) is 5.75 Å². The van der Waals surface area contributed by atoms with Crippen LogP contribution in [0.4, 0.5) is 5.82 Å². The second-order valence-corrected chi connectivity index (χ2v) is 7.85. The maximum atomic E-state index is 10.5. The molecule has 0 aliphatic carbocycles. The van der Waals surface area contributed by atoms with Crippen LogP contribution in [0.2, 0.25) is 0 Å². The van der Waals surface area contributed by atoms with Crippen LogP contribution in [0.15, 0.2) is 36.8 Å². The summed E-state index contributed by atoms with van der Waals surface area (Å²) in [7, 11) is 3.32. The Morgan fingerprint density at radius 2 is 2.06 bits per heavy atom. The minimum atomic E-state index is -1.27. The first kappa shape index (κ1) is 22.2. The monoisotopic (exact) mass is 468 g/mol. The number of aliphatic hydroxyl groups excluding tert-OH is 3. The normalized spacial score (nSPS) is 22.4. The second kappa shape index (κ2) is 8.95. The molecule has 0 unspecified atom stereocenters. The van der Waals surface area contributed by atoms with Gasteiger partial charge in [0.15, 0.2) is 34.7 Å². The molecule has 4 N–H and O–H groups in total. The number of hydrogen-bond donors (Lipinski definition) is 4. The molecule has 13 nitrogen and oxygen atoms in total. The quantitative estimate of drug-likeness (QED) is 0.284. The van der Waals surface area contributed by atoms with Gasteiger partial charge in [-0.2, -0.15) is 0 Å². The summed E-state index contributed by atoms with van der Waals surface area (Å²) in [6.45, 7) is 0.0472. The Morgan fingerprint density at radius 1 is 1.21 bits per heavy atom. The van der Waals surface area contributed by atoms with Gasteiger partial charge in [0.25, 0.3) is 0 Å². The molecule has 3 aromatic heterocycles. The third kappa shape index (κ3) is 3.84. The van der Waals surface area contributed by atoms with Crippen LogP contribution in [-0.4, -0.2) is 88.9 Å². The highest BCUT2D eigenvalue weighted by Crippen LogP contribution is 2.33. The molecule has 178 valence electrons. The van der Waals surface area contributed by atoms with Gasteiger partial charge in [-0.3, -0.25) is 4.57 Å². The predicted molar refractivity (Wildman–Crippen MR) is 119 cm³/mol. The maximum Gasteiger partial charge on any atom is 0.185 e. The number of fused-ring (bicyclic) bond motifs is 1. The third-order valence-electron chi connectivity index (χ3n) is 5.70. The molecule has 0 amide bonds. The predicted octanol–water partition coefficient (Wildman–Crippen LogP) is -0.205. The zero-order chi connectivity index (χ0) is 23.8. The number of benzene rings is 1. The minimum Gasteiger partial charge on any atom is -0.497 e. The van der Waals surface area contributed by atoms with E-state index in [9.17, 15) is 15.3 Å². The molecule has 1 saturated heterocycles. The lowest BCUT2D eigenvalue weighted by molar-refractivity contribution is -0.0511. The molecule has 4 atom stereocenters. The summed E-state index contributed by atoms with van der Waals surface area (Å²) in [6, 6.07) is 7.66. The Kier molecular flexibility index (Phi) is 5.83. The molecule has 1 aliphatic rings. The smallest absolute Gasteiger partial charge is 0.185 e. The molecule has 0 radical (unpaired) electrons. The summed E-state index contributed by atoms with van der Waals surface area (Å²) in [5.41, 5.74) is 2.25. The van der Waals surface area contributed by atoms with Crippen molar-refractivity contribution in [3.63, 3.8) is 0 Å². The van der Waals surface area contributed by atoms with Gasteiger partial charge in [0, 0.05) is 7.05 Å². The van der Waals surface area contributed by atoms with Gasteiger partial charge in [-0.1, -0.05) is 17.3 Å². The molecular weight excluding hydrogens is 444 g/mol. The topological polar surface area (TPSA) is 165 Å². The van der Waals surface area contributed by atoms with Crippen LogP contribution in [0.1, 0.15) is 11.8 Å². The number of nitrogens with one attached hydrogen (secondary N) is 1. The summed E-state index contributed by atoms with van der Waals surface area (Å²) >= 11 is 0. The number of imidazole rings is 1. The van der Waals surface area contributed by atoms with Crippen LogP contribution in [0.3, 0.4) is 0 Å². The number of anilines is 1. The third-order valence-corrected chi connectivity index (χ3v) is 5.70. The largest absolute Gasteiger partial charge is 0.497 e. The Hall–Kier alpha value is -3.65. The second-order valence-electron chi connectivity index (χ2n) is 7.85. The summed E-state index contributed by atoms with van der Waals surface area (Å²) in [6.07, 6.45) is -1.23. The average molecular weight is 468 g/mol.